The molecule has 0 spiro atoms. The van der Waals surface area contributed by atoms with Crippen molar-refractivity contribution in [3.05, 3.63) is 39.9 Å². The molecule has 1 aromatic heterocycles. The Hall–Kier alpha value is -3.10. The molecule has 1 aromatic carbocycles. The van der Waals surface area contributed by atoms with Gasteiger partial charge in [0.1, 0.15) is 17.0 Å². The van der Waals surface area contributed by atoms with E-state index < -0.39 is 34.4 Å². The SMILES string of the molecule is CC(C)(C)OC(=O)NC(C)(C)[C@@H]1CCN(c2cc3c(cc2F)c(=O)c(C(=O)O)cn3C2CC2)C1. The van der Waals surface area contributed by atoms with E-state index in [1.165, 1.54) is 6.20 Å². The predicted molar refractivity (Wildman–Crippen MR) is 127 cm³/mol. The summed E-state index contributed by atoms with van der Waals surface area (Å²) in [6.45, 7) is 10.4. The van der Waals surface area contributed by atoms with Crippen LogP contribution in [-0.4, -0.2) is 46.0 Å². The van der Waals surface area contributed by atoms with Gasteiger partial charge in [-0.15, -0.1) is 0 Å². The number of pyridine rings is 1. The zero-order chi connectivity index (χ0) is 25.0. The van der Waals surface area contributed by atoms with Crippen LogP contribution in [0.3, 0.4) is 0 Å². The third-order valence-corrected chi connectivity index (χ3v) is 6.64. The predicted octanol–water partition coefficient (Wildman–Crippen LogP) is 4.30. The van der Waals surface area contributed by atoms with Crippen molar-refractivity contribution in [1.82, 2.24) is 9.88 Å². The lowest BCUT2D eigenvalue weighted by molar-refractivity contribution is 0.0441. The highest BCUT2D eigenvalue weighted by molar-refractivity contribution is 5.93. The molecule has 0 unspecified atom stereocenters. The summed E-state index contributed by atoms with van der Waals surface area (Å²) >= 11 is 0. The van der Waals surface area contributed by atoms with Crippen molar-refractivity contribution in [2.75, 3.05) is 18.0 Å². The third kappa shape index (κ3) is 4.74. The molecule has 1 amide bonds. The number of hydrogen-bond donors (Lipinski definition) is 2. The fourth-order valence-corrected chi connectivity index (χ4v) is 4.64. The topological polar surface area (TPSA) is 101 Å². The Labute approximate surface area is 197 Å². The van der Waals surface area contributed by atoms with E-state index >= 15 is 4.39 Å². The number of aromatic nitrogens is 1. The van der Waals surface area contributed by atoms with Crippen LogP contribution in [0.5, 0.6) is 0 Å². The molecule has 1 atom stereocenters. The normalized spacial score (nSPS) is 18.9. The van der Waals surface area contributed by atoms with Gasteiger partial charge >= 0.3 is 12.1 Å². The summed E-state index contributed by atoms with van der Waals surface area (Å²) in [4.78, 5) is 38.5. The second-order valence-corrected chi connectivity index (χ2v) is 10.9. The number of carbonyl (C=O) groups is 2. The van der Waals surface area contributed by atoms with Gasteiger partial charge in [-0.1, -0.05) is 0 Å². The minimum Gasteiger partial charge on any atom is -0.477 e. The lowest BCUT2D eigenvalue weighted by Gasteiger charge is -2.34. The first kappa shape index (κ1) is 24.0. The van der Waals surface area contributed by atoms with Crippen molar-refractivity contribution in [2.45, 2.75) is 71.1 Å². The van der Waals surface area contributed by atoms with E-state index in [1.54, 1.807) is 31.4 Å². The standard InChI is InChI=1S/C25H32FN3O5/c1-24(2,3)34-23(33)27-25(4,5)14-8-9-28(12-14)20-11-19-16(10-18(20)26)21(30)17(22(31)32)13-29(19)15-6-7-15/h10-11,13-15H,6-9,12H2,1-5H3,(H,27,33)(H,31,32)/t14-/m1/s1. The van der Waals surface area contributed by atoms with Gasteiger partial charge in [-0.05, 0) is 66.0 Å². The van der Waals surface area contributed by atoms with E-state index in [0.29, 0.717) is 24.3 Å². The number of hydrogen-bond acceptors (Lipinski definition) is 5. The van der Waals surface area contributed by atoms with E-state index in [0.717, 1.165) is 25.3 Å². The Morgan fingerprint density at radius 3 is 2.41 bits per heavy atom. The van der Waals surface area contributed by atoms with Gasteiger partial charge in [0, 0.05) is 42.2 Å². The molecule has 8 nitrogen and oxygen atoms in total. The minimum absolute atomic E-state index is 0.0510. The monoisotopic (exact) mass is 473 g/mol. The number of aromatic carboxylic acids is 1. The second kappa shape index (κ2) is 8.29. The number of rotatable bonds is 5. The minimum atomic E-state index is -1.31. The third-order valence-electron chi connectivity index (χ3n) is 6.64. The van der Waals surface area contributed by atoms with Crippen molar-refractivity contribution in [3.8, 4) is 0 Å². The number of anilines is 1. The number of fused-ring (bicyclic) bond motifs is 1. The molecule has 34 heavy (non-hydrogen) atoms. The molecular formula is C25H32FN3O5. The van der Waals surface area contributed by atoms with Crippen LogP contribution in [0.2, 0.25) is 0 Å². The molecule has 2 N–H and O–H groups in total. The van der Waals surface area contributed by atoms with Gasteiger partial charge in [0.05, 0.1) is 11.2 Å². The van der Waals surface area contributed by atoms with Crippen LogP contribution in [0.1, 0.15) is 70.3 Å². The van der Waals surface area contributed by atoms with E-state index in [4.69, 9.17) is 4.74 Å². The number of nitrogens with zero attached hydrogens (tertiary/aromatic N) is 2. The number of alkyl carbamates (subject to hydrolysis) is 1. The number of carboxylic acid groups (broad SMARTS) is 1. The maximum absolute atomic E-state index is 15.2. The lowest BCUT2D eigenvalue weighted by Crippen LogP contribution is -2.51. The molecule has 184 valence electrons. The van der Waals surface area contributed by atoms with Crippen LogP contribution in [0, 0.1) is 11.7 Å². The molecular weight excluding hydrogens is 441 g/mol. The van der Waals surface area contributed by atoms with Crippen LogP contribution in [0.15, 0.2) is 23.1 Å². The average Bonchev–Trinajstić information content (AvgIpc) is 3.41. The fraction of sp³-hybridized carbons (Fsp3) is 0.560. The van der Waals surface area contributed by atoms with Crippen molar-refractivity contribution in [2.24, 2.45) is 5.92 Å². The van der Waals surface area contributed by atoms with E-state index in [1.807, 2.05) is 18.7 Å². The molecule has 9 heteroatoms. The molecule has 0 bridgehead atoms. The molecule has 2 heterocycles. The molecule has 0 radical (unpaired) electrons. The molecule has 1 aliphatic carbocycles. The summed E-state index contributed by atoms with van der Waals surface area (Å²) < 4.78 is 22.4. The maximum atomic E-state index is 15.2. The van der Waals surface area contributed by atoms with Crippen LogP contribution < -0.4 is 15.6 Å². The van der Waals surface area contributed by atoms with Crippen molar-refractivity contribution < 1.29 is 23.8 Å². The Bertz CT molecular complexity index is 1210. The Kier molecular flexibility index (Phi) is 5.86. The largest absolute Gasteiger partial charge is 0.477 e. The first-order valence-corrected chi connectivity index (χ1v) is 11.6. The summed E-state index contributed by atoms with van der Waals surface area (Å²) in [5.74, 6) is -1.82. The van der Waals surface area contributed by atoms with Gasteiger partial charge in [0.15, 0.2) is 0 Å². The summed E-state index contributed by atoms with van der Waals surface area (Å²) in [6, 6.07) is 2.94. The van der Waals surface area contributed by atoms with Gasteiger partial charge in [-0.3, -0.25) is 4.79 Å². The highest BCUT2D eigenvalue weighted by Gasteiger charge is 2.38. The molecule has 2 aromatic rings. The zero-order valence-corrected chi connectivity index (χ0v) is 20.3. The number of nitrogens with one attached hydrogen (secondary N) is 1. The van der Waals surface area contributed by atoms with Gasteiger partial charge in [-0.2, -0.15) is 0 Å². The van der Waals surface area contributed by atoms with Crippen LogP contribution in [0.4, 0.5) is 14.9 Å². The second-order valence-electron chi connectivity index (χ2n) is 10.9. The summed E-state index contributed by atoms with van der Waals surface area (Å²) in [5, 5.41) is 12.4. The number of halogens is 1. The number of benzene rings is 1. The summed E-state index contributed by atoms with van der Waals surface area (Å²) in [6.07, 6.45) is 3.41. The van der Waals surface area contributed by atoms with E-state index in [-0.39, 0.29) is 22.9 Å². The van der Waals surface area contributed by atoms with Gasteiger partial charge in [0.2, 0.25) is 5.43 Å². The van der Waals surface area contributed by atoms with Crippen LogP contribution >= 0.6 is 0 Å². The van der Waals surface area contributed by atoms with Crippen LogP contribution in [-0.2, 0) is 4.74 Å². The van der Waals surface area contributed by atoms with Crippen molar-refractivity contribution in [1.29, 1.82) is 0 Å². The first-order valence-electron chi connectivity index (χ1n) is 11.6. The average molecular weight is 474 g/mol. The lowest BCUT2D eigenvalue weighted by atomic mass is 9.87. The zero-order valence-electron chi connectivity index (χ0n) is 20.3. The van der Waals surface area contributed by atoms with Crippen molar-refractivity contribution >= 4 is 28.7 Å². The number of ether oxygens (including phenoxy) is 1. The summed E-state index contributed by atoms with van der Waals surface area (Å²) in [7, 11) is 0. The maximum Gasteiger partial charge on any atom is 0.408 e. The smallest absolute Gasteiger partial charge is 0.408 e. The van der Waals surface area contributed by atoms with Gasteiger partial charge in [-0.25, -0.2) is 14.0 Å². The Morgan fingerprint density at radius 2 is 1.82 bits per heavy atom. The fourth-order valence-electron chi connectivity index (χ4n) is 4.64. The van der Waals surface area contributed by atoms with Crippen molar-refractivity contribution in [3.63, 3.8) is 0 Å². The van der Waals surface area contributed by atoms with Crippen LogP contribution in [0.25, 0.3) is 10.9 Å². The molecule has 2 aliphatic rings. The van der Waals surface area contributed by atoms with E-state index in [2.05, 4.69) is 5.32 Å². The Balaban J connectivity index is 1.62. The number of carbonyl (C=O) groups excluding carboxylic acids is 1. The number of amides is 1. The first-order chi connectivity index (χ1) is 15.8. The highest BCUT2D eigenvalue weighted by Crippen LogP contribution is 2.39. The highest BCUT2D eigenvalue weighted by atomic mass is 19.1. The molecule has 1 saturated carbocycles. The molecule has 4 rings (SSSR count). The van der Waals surface area contributed by atoms with Gasteiger partial charge in [0.25, 0.3) is 0 Å². The Morgan fingerprint density at radius 1 is 1.15 bits per heavy atom. The molecule has 1 saturated heterocycles. The van der Waals surface area contributed by atoms with E-state index in [9.17, 15) is 19.5 Å². The number of carboxylic acids is 1. The quantitative estimate of drug-likeness (QED) is 0.671. The summed E-state index contributed by atoms with van der Waals surface area (Å²) in [5.41, 5.74) is -1.27. The molecule has 2 fully saturated rings. The molecule has 1 aliphatic heterocycles. The van der Waals surface area contributed by atoms with Gasteiger partial charge < -0.3 is 24.6 Å².